The highest BCUT2D eigenvalue weighted by Crippen LogP contribution is 2.12. The highest BCUT2D eigenvalue weighted by molar-refractivity contribution is 5.96. The van der Waals surface area contributed by atoms with Crippen LogP contribution in [0.4, 0.5) is 0 Å². The summed E-state index contributed by atoms with van der Waals surface area (Å²) < 4.78 is 1.50. The van der Waals surface area contributed by atoms with E-state index in [1.807, 2.05) is 43.3 Å². The highest BCUT2D eigenvalue weighted by Gasteiger charge is 2.14. The van der Waals surface area contributed by atoms with Crippen LogP contribution in [0.25, 0.3) is 10.8 Å². The second-order valence-corrected chi connectivity index (χ2v) is 5.17. The van der Waals surface area contributed by atoms with E-state index in [1.165, 1.54) is 4.57 Å². The predicted molar refractivity (Wildman–Crippen MR) is 89.3 cm³/mol. The van der Waals surface area contributed by atoms with Crippen LogP contribution in [-0.4, -0.2) is 15.5 Å². The molecule has 0 aliphatic rings. The summed E-state index contributed by atoms with van der Waals surface area (Å²) in [5, 5.41) is 4.21. The van der Waals surface area contributed by atoms with Gasteiger partial charge in [-0.2, -0.15) is 0 Å². The van der Waals surface area contributed by atoms with Crippen LogP contribution >= 0.6 is 0 Å². The predicted octanol–water partition coefficient (Wildman–Crippen LogP) is 2.35. The van der Waals surface area contributed by atoms with Gasteiger partial charge >= 0.3 is 0 Å². The van der Waals surface area contributed by atoms with E-state index in [4.69, 9.17) is 0 Å². The van der Waals surface area contributed by atoms with E-state index in [0.717, 1.165) is 11.1 Å². The molecule has 0 spiro atoms. The third-order valence-corrected chi connectivity index (χ3v) is 3.72. The molecule has 0 saturated heterocycles. The fourth-order valence-corrected chi connectivity index (χ4v) is 2.56. The molecule has 23 heavy (non-hydrogen) atoms. The van der Waals surface area contributed by atoms with Gasteiger partial charge in [-0.25, -0.2) is 0 Å². The summed E-state index contributed by atoms with van der Waals surface area (Å²) in [6.45, 7) is 2.62. The number of pyridine rings is 2. The fourth-order valence-electron chi connectivity index (χ4n) is 2.56. The maximum atomic E-state index is 12.5. The first-order valence-electron chi connectivity index (χ1n) is 7.51. The van der Waals surface area contributed by atoms with E-state index in [2.05, 4.69) is 10.3 Å². The number of hydrogen-bond donors (Lipinski definition) is 1. The average Bonchev–Trinajstić information content (AvgIpc) is 2.60. The van der Waals surface area contributed by atoms with Crippen molar-refractivity contribution in [1.29, 1.82) is 0 Å². The average molecular weight is 307 g/mol. The summed E-state index contributed by atoms with van der Waals surface area (Å²) in [5.41, 5.74) is 0.993. The van der Waals surface area contributed by atoms with Gasteiger partial charge in [0.05, 0.1) is 12.2 Å². The van der Waals surface area contributed by atoms with Crippen LogP contribution in [0.1, 0.15) is 23.1 Å². The third-order valence-electron chi connectivity index (χ3n) is 3.72. The topological polar surface area (TPSA) is 64.0 Å². The molecule has 0 bridgehead atoms. The number of fused-ring (bicyclic) bond motifs is 1. The zero-order chi connectivity index (χ0) is 16.2. The molecule has 1 amide bonds. The van der Waals surface area contributed by atoms with Crippen molar-refractivity contribution >= 4 is 16.7 Å². The van der Waals surface area contributed by atoms with E-state index >= 15 is 0 Å². The number of nitrogens with one attached hydrogen (secondary N) is 1. The van der Waals surface area contributed by atoms with Crippen molar-refractivity contribution in [1.82, 2.24) is 14.9 Å². The Bertz CT molecular complexity index is 901. The standard InChI is InChI=1S/C18H17N3O2/c1-2-21-16(11-13-7-3-4-9-15(13)18(21)23)17(22)20-12-14-8-5-6-10-19-14/h3-11H,2,12H2,1H3,(H,20,22). The first-order valence-corrected chi connectivity index (χ1v) is 7.51. The first kappa shape index (κ1) is 15.0. The smallest absolute Gasteiger partial charge is 0.268 e. The molecule has 2 aromatic heterocycles. The SMILES string of the molecule is CCn1c(C(=O)NCc2ccccn2)cc2ccccc2c1=O. The maximum Gasteiger partial charge on any atom is 0.268 e. The van der Waals surface area contributed by atoms with Crippen molar-refractivity contribution < 1.29 is 4.79 Å². The molecule has 116 valence electrons. The molecule has 0 aliphatic heterocycles. The van der Waals surface area contributed by atoms with E-state index in [1.54, 1.807) is 18.3 Å². The summed E-state index contributed by atoms with van der Waals surface area (Å²) in [7, 11) is 0. The number of benzene rings is 1. The molecule has 3 rings (SSSR count). The van der Waals surface area contributed by atoms with Crippen molar-refractivity contribution in [2.45, 2.75) is 20.0 Å². The Morgan fingerprint density at radius 3 is 2.70 bits per heavy atom. The van der Waals surface area contributed by atoms with E-state index in [0.29, 0.717) is 24.2 Å². The lowest BCUT2D eigenvalue weighted by Gasteiger charge is -2.12. The molecule has 0 atom stereocenters. The zero-order valence-electron chi connectivity index (χ0n) is 12.8. The highest BCUT2D eigenvalue weighted by atomic mass is 16.2. The Kier molecular flexibility index (Phi) is 4.19. The van der Waals surface area contributed by atoms with Gasteiger partial charge in [-0.05, 0) is 36.6 Å². The van der Waals surface area contributed by atoms with Gasteiger partial charge in [0, 0.05) is 18.1 Å². The van der Waals surface area contributed by atoms with Crippen molar-refractivity contribution in [3.05, 3.63) is 76.5 Å². The second kappa shape index (κ2) is 6.44. The lowest BCUT2D eigenvalue weighted by molar-refractivity contribution is 0.0940. The van der Waals surface area contributed by atoms with Crippen LogP contribution in [0, 0.1) is 0 Å². The van der Waals surface area contributed by atoms with Gasteiger partial charge in [-0.15, -0.1) is 0 Å². The lowest BCUT2D eigenvalue weighted by atomic mass is 10.1. The number of carbonyl (C=O) groups is 1. The Morgan fingerprint density at radius 2 is 1.96 bits per heavy atom. The number of rotatable bonds is 4. The molecule has 0 fully saturated rings. The van der Waals surface area contributed by atoms with E-state index < -0.39 is 0 Å². The minimum atomic E-state index is -0.277. The fraction of sp³-hybridized carbons (Fsp3) is 0.167. The molecule has 0 unspecified atom stereocenters. The summed E-state index contributed by atoms with van der Waals surface area (Å²) in [5.74, 6) is -0.277. The molecule has 0 radical (unpaired) electrons. The summed E-state index contributed by atoms with van der Waals surface area (Å²) >= 11 is 0. The van der Waals surface area contributed by atoms with Crippen LogP contribution in [0.15, 0.2) is 59.5 Å². The Labute approximate surface area is 133 Å². The Hall–Kier alpha value is -2.95. The Morgan fingerprint density at radius 1 is 1.17 bits per heavy atom. The van der Waals surface area contributed by atoms with Crippen LogP contribution in [-0.2, 0) is 13.1 Å². The maximum absolute atomic E-state index is 12.5. The van der Waals surface area contributed by atoms with Crippen molar-refractivity contribution in [3.8, 4) is 0 Å². The van der Waals surface area contributed by atoms with Crippen molar-refractivity contribution in [2.24, 2.45) is 0 Å². The van der Waals surface area contributed by atoms with Gasteiger partial charge in [0.2, 0.25) is 0 Å². The van der Waals surface area contributed by atoms with Gasteiger partial charge in [0.25, 0.3) is 11.5 Å². The van der Waals surface area contributed by atoms with Gasteiger partial charge < -0.3 is 9.88 Å². The molecule has 0 saturated carbocycles. The van der Waals surface area contributed by atoms with Crippen molar-refractivity contribution in [3.63, 3.8) is 0 Å². The minimum absolute atomic E-state index is 0.145. The lowest BCUT2D eigenvalue weighted by Crippen LogP contribution is -2.32. The van der Waals surface area contributed by atoms with E-state index in [-0.39, 0.29) is 11.5 Å². The zero-order valence-corrected chi connectivity index (χ0v) is 12.8. The molecular weight excluding hydrogens is 290 g/mol. The van der Waals surface area contributed by atoms with Crippen LogP contribution in [0.2, 0.25) is 0 Å². The van der Waals surface area contributed by atoms with Gasteiger partial charge in [-0.3, -0.25) is 14.6 Å². The monoisotopic (exact) mass is 307 g/mol. The second-order valence-electron chi connectivity index (χ2n) is 5.17. The first-order chi connectivity index (χ1) is 11.2. The van der Waals surface area contributed by atoms with Crippen molar-refractivity contribution in [2.75, 3.05) is 0 Å². The van der Waals surface area contributed by atoms with Gasteiger partial charge in [0.1, 0.15) is 5.69 Å². The molecule has 1 N–H and O–H groups in total. The summed E-state index contributed by atoms with van der Waals surface area (Å²) in [6.07, 6.45) is 1.68. The number of nitrogens with zero attached hydrogens (tertiary/aromatic N) is 2. The number of amides is 1. The van der Waals surface area contributed by atoms with E-state index in [9.17, 15) is 9.59 Å². The molecule has 5 nitrogen and oxygen atoms in total. The molecular formula is C18H17N3O2. The molecule has 2 heterocycles. The molecule has 1 aromatic carbocycles. The Balaban J connectivity index is 1.95. The summed E-state index contributed by atoms with van der Waals surface area (Å²) in [4.78, 5) is 29.2. The largest absolute Gasteiger partial charge is 0.345 e. The summed E-state index contributed by atoms with van der Waals surface area (Å²) in [6, 6.07) is 14.6. The van der Waals surface area contributed by atoms with Gasteiger partial charge in [0.15, 0.2) is 0 Å². The normalized spacial score (nSPS) is 10.7. The van der Waals surface area contributed by atoms with Crippen LogP contribution in [0.3, 0.4) is 0 Å². The number of carbonyl (C=O) groups excluding carboxylic acids is 1. The number of hydrogen-bond acceptors (Lipinski definition) is 3. The van der Waals surface area contributed by atoms with Gasteiger partial charge in [-0.1, -0.05) is 24.3 Å². The molecule has 3 aromatic rings. The van der Waals surface area contributed by atoms with Crippen LogP contribution < -0.4 is 10.9 Å². The molecule has 0 aliphatic carbocycles. The quantitative estimate of drug-likeness (QED) is 0.804. The molecule has 5 heteroatoms. The van der Waals surface area contributed by atoms with Crippen LogP contribution in [0.5, 0.6) is 0 Å². The third kappa shape index (κ3) is 2.99. The minimum Gasteiger partial charge on any atom is -0.345 e. The number of aromatic nitrogens is 2.